The van der Waals surface area contributed by atoms with Gasteiger partial charge in [-0.25, -0.2) is 0 Å². The summed E-state index contributed by atoms with van der Waals surface area (Å²) in [5, 5.41) is 12.4. The summed E-state index contributed by atoms with van der Waals surface area (Å²) in [6.07, 6.45) is 4.66. The summed E-state index contributed by atoms with van der Waals surface area (Å²) in [4.78, 5) is 0. The smallest absolute Gasteiger partial charge is 0.0434 e. The van der Waals surface area contributed by atoms with Gasteiger partial charge in [0.2, 0.25) is 0 Å². The van der Waals surface area contributed by atoms with E-state index in [1.54, 1.807) is 0 Å². The van der Waals surface area contributed by atoms with E-state index in [9.17, 15) is 0 Å². The molecule has 0 radical (unpaired) electrons. The minimum atomic E-state index is 0.311. The Morgan fingerprint density at radius 1 is 1.07 bits per heavy atom. The van der Waals surface area contributed by atoms with Gasteiger partial charge < -0.3 is 10.4 Å². The normalized spacial score (nSPS) is 17.4. The summed E-state index contributed by atoms with van der Waals surface area (Å²) in [6.45, 7) is 10.4. The van der Waals surface area contributed by atoms with Crippen LogP contribution in [0.15, 0.2) is 0 Å². The largest absolute Gasteiger partial charge is 0.396 e. The monoisotopic (exact) mass is 215 g/mol. The molecule has 0 amide bonds. The first-order valence-electron chi connectivity index (χ1n) is 6.48. The van der Waals surface area contributed by atoms with Crippen molar-refractivity contribution in [3.05, 3.63) is 0 Å². The van der Waals surface area contributed by atoms with E-state index in [1.807, 2.05) is 0 Å². The Kier molecular flexibility index (Phi) is 9.12. The summed E-state index contributed by atoms with van der Waals surface area (Å²) in [6, 6.07) is 0.654. The molecule has 2 N–H and O–H groups in total. The van der Waals surface area contributed by atoms with Gasteiger partial charge in [0.1, 0.15) is 0 Å². The van der Waals surface area contributed by atoms with Crippen LogP contribution in [0.4, 0.5) is 0 Å². The van der Waals surface area contributed by atoms with Crippen LogP contribution in [0.1, 0.15) is 53.4 Å². The zero-order chi connectivity index (χ0) is 11.7. The standard InChI is InChI=1S/C13H29NO/c1-5-11(3)9-13(6-2)14-10-12(4)7-8-15/h11-15H,5-10H2,1-4H3. The lowest BCUT2D eigenvalue weighted by Crippen LogP contribution is -2.33. The highest BCUT2D eigenvalue weighted by molar-refractivity contribution is 4.69. The van der Waals surface area contributed by atoms with Gasteiger partial charge in [0.25, 0.3) is 0 Å². The van der Waals surface area contributed by atoms with Crippen LogP contribution in [0, 0.1) is 11.8 Å². The van der Waals surface area contributed by atoms with Crippen LogP contribution >= 0.6 is 0 Å². The van der Waals surface area contributed by atoms with Crippen LogP contribution in [0.5, 0.6) is 0 Å². The van der Waals surface area contributed by atoms with Crippen molar-refractivity contribution < 1.29 is 5.11 Å². The van der Waals surface area contributed by atoms with E-state index in [4.69, 9.17) is 5.11 Å². The molecule has 3 atom stereocenters. The van der Waals surface area contributed by atoms with E-state index in [-0.39, 0.29) is 0 Å². The first-order chi connectivity index (χ1) is 7.13. The van der Waals surface area contributed by atoms with Crippen molar-refractivity contribution in [1.82, 2.24) is 5.32 Å². The average molecular weight is 215 g/mol. The first-order valence-corrected chi connectivity index (χ1v) is 6.48. The summed E-state index contributed by atoms with van der Waals surface area (Å²) >= 11 is 0. The lowest BCUT2D eigenvalue weighted by Gasteiger charge is -2.22. The molecule has 0 aliphatic heterocycles. The van der Waals surface area contributed by atoms with Gasteiger partial charge >= 0.3 is 0 Å². The molecule has 15 heavy (non-hydrogen) atoms. The molecule has 0 bridgehead atoms. The molecule has 2 heteroatoms. The van der Waals surface area contributed by atoms with Gasteiger partial charge in [-0.2, -0.15) is 0 Å². The van der Waals surface area contributed by atoms with E-state index in [2.05, 4.69) is 33.0 Å². The Balaban J connectivity index is 3.69. The van der Waals surface area contributed by atoms with Crippen LogP contribution in [0.2, 0.25) is 0 Å². The van der Waals surface area contributed by atoms with Gasteiger partial charge in [-0.3, -0.25) is 0 Å². The second-order valence-corrected chi connectivity index (χ2v) is 4.88. The summed E-state index contributed by atoms with van der Waals surface area (Å²) in [5.41, 5.74) is 0. The Labute approximate surface area is 95.5 Å². The van der Waals surface area contributed by atoms with Gasteiger partial charge in [-0.1, -0.05) is 34.1 Å². The highest BCUT2D eigenvalue weighted by Gasteiger charge is 2.11. The van der Waals surface area contributed by atoms with Gasteiger partial charge in [0.15, 0.2) is 0 Å². The lowest BCUT2D eigenvalue weighted by atomic mass is 9.97. The van der Waals surface area contributed by atoms with Crippen molar-refractivity contribution in [3.63, 3.8) is 0 Å². The quantitative estimate of drug-likeness (QED) is 0.620. The second-order valence-electron chi connectivity index (χ2n) is 4.88. The molecule has 0 aliphatic carbocycles. The van der Waals surface area contributed by atoms with Gasteiger partial charge in [-0.05, 0) is 37.6 Å². The van der Waals surface area contributed by atoms with Crippen LogP contribution in [0.3, 0.4) is 0 Å². The van der Waals surface area contributed by atoms with Crippen molar-refractivity contribution in [3.8, 4) is 0 Å². The molecule has 0 saturated carbocycles. The fraction of sp³-hybridized carbons (Fsp3) is 1.00. The molecule has 0 aromatic carbocycles. The molecule has 92 valence electrons. The first kappa shape index (κ1) is 14.9. The molecule has 0 rings (SSSR count). The molecule has 3 unspecified atom stereocenters. The van der Waals surface area contributed by atoms with Crippen molar-refractivity contribution >= 4 is 0 Å². The van der Waals surface area contributed by atoms with Crippen molar-refractivity contribution in [2.45, 2.75) is 59.4 Å². The maximum atomic E-state index is 8.81. The minimum absolute atomic E-state index is 0.311. The average Bonchev–Trinajstić information content (AvgIpc) is 2.24. The fourth-order valence-corrected chi connectivity index (χ4v) is 1.74. The van der Waals surface area contributed by atoms with Crippen LogP contribution in [0.25, 0.3) is 0 Å². The number of rotatable bonds is 9. The van der Waals surface area contributed by atoms with Crippen molar-refractivity contribution in [2.24, 2.45) is 11.8 Å². The lowest BCUT2D eigenvalue weighted by molar-refractivity contribution is 0.254. The second kappa shape index (κ2) is 9.17. The molecule has 0 heterocycles. The summed E-state index contributed by atoms with van der Waals surface area (Å²) in [7, 11) is 0. The van der Waals surface area contributed by atoms with Crippen molar-refractivity contribution in [1.29, 1.82) is 0 Å². The van der Waals surface area contributed by atoms with E-state index >= 15 is 0 Å². The fourth-order valence-electron chi connectivity index (χ4n) is 1.74. The molecule has 0 aromatic rings. The van der Waals surface area contributed by atoms with E-state index in [0.29, 0.717) is 18.6 Å². The number of aliphatic hydroxyl groups excluding tert-OH is 1. The zero-order valence-electron chi connectivity index (χ0n) is 10.9. The Morgan fingerprint density at radius 3 is 2.20 bits per heavy atom. The van der Waals surface area contributed by atoms with E-state index < -0.39 is 0 Å². The highest BCUT2D eigenvalue weighted by atomic mass is 16.3. The van der Waals surface area contributed by atoms with Crippen LogP contribution in [-0.2, 0) is 0 Å². The number of hydrogen-bond acceptors (Lipinski definition) is 2. The Morgan fingerprint density at radius 2 is 1.73 bits per heavy atom. The van der Waals surface area contributed by atoms with Gasteiger partial charge in [0.05, 0.1) is 0 Å². The Bertz CT molecular complexity index is 138. The zero-order valence-corrected chi connectivity index (χ0v) is 10.9. The highest BCUT2D eigenvalue weighted by Crippen LogP contribution is 2.12. The SMILES string of the molecule is CCC(C)CC(CC)NCC(C)CCO. The third kappa shape index (κ3) is 7.80. The molecular weight excluding hydrogens is 186 g/mol. The van der Waals surface area contributed by atoms with Crippen LogP contribution in [-0.4, -0.2) is 24.3 Å². The number of aliphatic hydroxyl groups is 1. The summed E-state index contributed by atoms with van der Waals surface area (Å²) < 4.78 is 0. The van der Waals surface area contributed by atoms with E-state index in [1.165, 1.54) is 19.3 Å². The number of nitrogens with one attached hydrogen (secondary N) is 1. The topological polar surface area (TPSA) is 32.3 Å². The molecular formula is C13H29NO. The maximum absolute atomic E-state index is 8.81. The molecule has 0 saturated heterocycles. The molecule has 2 nitrogen and oxygen atoms in total. The third-order valence-electron chi connectivity index (χ3n) is 3.25. The summed E-state index contributed by atoms with van der Waals surface area (Å²) in [5.74, 6) is 1.40. The molecule has 0 spiro atoms. The number of hydrogen-bond donors (Lipinski definition) is 2. The molecule has 0 aromatic heterocycles. The predicted octanol–water partition coefficient (Wildman–Crippen LogP) is 2.81. The van der Waals surface area contributed by atoms with Crippen molar-refractivity contribution in [2.75, 3.05) is 13.2 Å². The third-order valence-corrected chi connectivity index (χ3v) is 3.25. The molecule has 0 aliphatic rings. The maximum Gasteiger partial charge on any atom is 0.0434 e. The minimum Gasteiger partial charge on any atom is -0.396 e. The van der Waals surface area contributed by atoms with E-state index in [0.717, 1.165) is 18.9 Å². The predicted molar refractivity (Wildman–Crippen MR) is 67.0 cm³/mol. The molecule has 0 fully saturated rings. The Hall–Kier alpha value is -0.0800. The van der Waals surface area contributed by atoms with Gasteiger partial charge in [-0.15, -0.1) is 0 Å². The van der Waals surface area contributed by atoms with Gasteiger partial charge in [0, 0.05) is 12.6 Å². The van der Waals surface area contributed by atoms with Crippen LogP contribution < -0.4 is 5.32 Å².